The number of para-hydroxylation sites is 1. The zero-order chi connectivity index (χ0) is 16.5. The molecule has 0 unspecified atom stereocenters. The van der Waals surface area contributed by atoms with E-state index in [1.165, 1.54) is 0 Å². The van der Waals surface area contributed by atoms with Crippen molar-refractivity contribution in [2.24, 2.45) is 0 Å². The van der Waals surface area contributed by atoms with Gasteiger partial charge in [-0.3, -0.25) is 4.79 Å². The highest BCUT2D eigenvalue weighted by atomic mass is 35.5. The molecule has 24 heavy (non-hydrogen) atoms. The quantitative estimate of drug-likeness (QED) is 0.715. The highest BCUT2D eigenvalue weighted by Crippen LogP contribution is 2.36. The van der Waals surface area contributed by atoms with Gasteiger partial charge in [0.1, 0.15) is 5.52 Å². The van der Waals surface area contributed by atoms with Gasteiger partial charge in [0.15, 0.2) is 0 Å². The zero-order valence-corrected chi connectivity index (χ0v) is 13.6. The third-order valence-electron chi connectivity index (χ3n) is 4.33. The Morgan fingerprint density at radius 3 is 2.62 bits per heavy atom. The van der Waals surface area contributed by atoms with Crippen molar-refractivity contribution in [1.82, 2.24) is 20.1 Å². The Labute approximate surface area is 144 Å². The van der Waals surface area contributed by atoms with Crippen LogP contribution < -0.4 is 0 Å². The van der Waals surface area contributed by atoms with Gasteiger partial charge >= 0.3 is 0 Å². The summed E-state index contributed by atoms with van der Waals surface area (Å²) in [5.74, 6) is -0.0664. The minimum Gasteiger partial charge on any atom is -0.329 e. The topological polar surface area (TPSA) is 59.0 Å². The Balaban J connectivity index is 1.68. The number of hydrogen-bond donors (Lipinski definition) is 0. The van der Waals surface area contributed by atoms with Gasteiger partial charge in [0, 0.05) is 11.6 Å². The summed E-state index contributed by atoms with van der Waals surface area (Å²) in [4.78, 5) is 19.1. The lowest BCUT2D eigenvalue weighted by Crippen LogP contribution is -2.32. The molecule has 4 rings (SSSR count). The highest BCUT2D eigenvalue weighted by molar-refractivity contribution is 6.31. The van der Waals surface area contributed by atoms with Gasteiger partial charge in [-0.05, 0) is 36.6 Å². The minimum absolute atomic E-state index is 0.0405. The number of likely N-dealkylation sites (tertiary alicyclic amines) is 1. The Kier molecular flexibility index (Phi) is 3.86. The van der Waals surface area contributed by atoms with Gasteiger partial charge in [-0.1, -0.05) is 41.9 Å². The van der Waals surface area contributed by atoms with Crippen molar-refractivity contribution >= 4 is 28.5 Å². The molecule has 0 N–H and O–H groups in total. The molecule has 1 amide bonds. The van der Waals surface area contributed by atoms with Crippen molar-refractivity contribution in [1.29, 1.82) is 0 Å². The van der Waals surface area contributed by atoms with E-state index >= 15 is 0 Å². The predicted octanol–water partition coefficient (Wildman–Crippen LogP) is 3.66. The van der Waals surface area contributed by atoms with Crippen molar-refractivity contribution < 1.29 is 4.79 Å². The number of amides is 1. The molecule has 5 nitrogen and oxygen atoms in total. The molecule has 3 aromatic rings. The molecule has 1 aromatic heterocycles. The van der Waals surface area contributed by atoms with Crippen molar-refractivity contribution in [2.75, 3.05) is 6.54 Å². The van der Waals surface area contributed by atoms with Gasteiger partial charge < -0.3 is 4.90 Å². The van der Waals surface area contributed by atoms with E-state index in [2.05, 4.69) is 15.2 Å². The largest absolute Gasteiger partial charge is 0.329 e. The summed E-state index contributed by atoms with van der Waals surface area (Å²) in [6.45, 7) is 0.672. The van der Waals surface area contributed by atoms with Crippen molar-refractivity contribution in [3.8, 4) is 0 Å². The summed E-state index contributed by atoms with van der Waals surface area (Å²) < 4.78 is 0. The molecular formula is C18H15ClN4O. The Bertz CT molecular complexity index is 914. The van der Waals surface area contributed by atoms with Crippen molar-refractivity contribution in [2.45, 2.75) is 18.9 Å². The Hall–Kier alpha value is -2.53. The third kappa shape index (κ3) is 2.61. The molecule has 0 spiro atoms. The number of aromatic nitrogens is 3. The van der Waals surface area contributed by atoms with E-state index in [9.17, 15) is 4.79 Å². The predicted molar refractivity (Wildman–Crippen MR) is 91.8 cm³/mol. The van der Waals surface area contributed by atoms with E-state index in [1.54, 1.807) is 4.90 Å². The van der Waals surface area contributed by atoms with Gasteiger partial charge in [0.25, 0.3) is 5.91 Å². The highest BCUT2D eigenvalue weighted by Gasteiger charge is 2.33. The van der Waals surface area contributed by atoms with Crippen LogP contribution in [0.5, 0.6) is 0 Å². The van der Waals surface area contributed by atoms with E-state index in [0.29, 0.717) is 22.6 Å². The number of carbonyl (C=O) groups excluding carboxylic acids is 1. The molecular weight excluding hydrogens is 324 g/mol. The average Bonchev–Trinajstić information content (AvgIpc) is 3.10. The smallest absolute Gasteiger partial charge is 0.294 e. The summed E-state index contributed by atoms with van der Waals surface area (Å²) in [5.41, 5.74) is 2.32. The third-order valence-corrected chi connectivity index (χ3v) is 4.67. The van der Waals surface area contributed by atoms with Crippen molar-refractivity contribution in [3.05, 3.63) is 64.9 Å². The van der Waals surface area contributed by atoms with Crippen LogP contribution in [0.4, 0.5) is 0 Å². The Morgan fingerprint density at radius 2 is 1.79 bits per heavy atom. The number of carbonyl (C=O) groups is 1. The Morgan fingerprint density at radius 1 is 1.04 bits per heavy atom. The summed E-state index contributed by atoms with van der Waals surface area (Å²) in [6, 6.07) is 15.0. The molecule has 2 aromatic carbocycles. The summed E-state index contributed by atoms with van der Waals surface area (Å²) in [7, 11) is 0. The van der Waals surface area contributed by atoms with Crippen LogP contribution in [0, 0.1) is 0 Å². The number of benzene rings is 2. The first kappa shape index (κ1) is 15.0. The molecule has 120 valence electrons. The van der Waals surface area contributed by atoms with Gasteiger partial charge in [0.2, 0.25) is 5.82 Å². The van der Waals surface area contributed by atoms with Crippen LogP contribution in [0.1, 0.15) is 35.1 Å². The number of halogens is 1. The first-order valence-electron chi connectivity index (χ1n) is 7.89. The summed E-state index contributed by atoms with van der Waals surface area (Å²) in [6.07, 6.45) is 1.82. The molecule has 0 saturated carbocycles. The zero-order valence-electron chi connectivity index (χ0n) is 12.9. The lowest BCUT2D eigenvalue weighted by molar-refractivity contribution is 0.0722. The first-order chi connectivity index (χ1) is 11.7. The number of hydrogen-bond acceptors (Lipinski definition) is 4. The molecule has 0 bridgehead atoms. The molecule has 0 radical (unpaired) electrons. The second-order valence-electron chi connectivity index (χ2n) is 5.80. The molecule has 1 saturated heterocycles. The minimum atomic E-state index is -0.198. The molecule has 0 aliphatic carbocycles. The fourth-order valence-corrected chi connectivity index (χ4v) is 3.44. The van der Waals surface area contributed by atoms with E-state index < -0.39 is 0 Å². The average molecular weight is 339 g/mol. The second kappa shape index (κ2) is 6.17. The maximum atomic E-state index is 12.9. The fourth-order valence-electron chi connectivity index (χ4n) is 3.18. The standard InChI is InChI=1S/C18H15ClN4O/c19-13-7-2-1-6-12(13)16-10-5-11-23(16)18(24)17-20-14-8-3-4-9-15(14)21-22-17/h1-4,6-9,16H,5,10-11H2/t16-/m1/s1. The number of fused-ring (bicyclic) bond motifs is 1. The van der Waals surface area contributed by atoms with Crippen LogP contribution in [0.25, 0.3) is 11.0 Å². The van der Waals surface area contributed by atoms with Crippen LogP contribution in [0.15, 0.2) is 48.5 Å². The number of rotatable bonds is 2. The summed E-state index contributed by atoms with van der Waals surface area (Å²) >= 11 is 6.32. The number of nitrogens with zero attached hydrogens (tertiary/aromatic N) is 4. The molecule has 1 aliphatic rings. The van der Waals surface area contributed by atoms with Crippen LogP contribution in [0.3, 0.4) is 0 Å². The maximum Gasteiger partial charge on any atom is 0.294 e. The van der Waals surface area contributed by atoms with Crippen LogP contribution in [-0.2, 0) is 0 Å². The van der Waals surface area contributed by atoms with Crippen molar-refractivity contribution in [3.63, 3.8) is 0 Å². The van der Waals surface area contributed by atoms with Crippen LogP contribution in [-0.4, -0.2) is 32.5 Å². The molecule has 6 heteroatoms. The van der Waals surface area contributed by atoms with Gasteiger partial charge in [0.05, 0.1) is 11.6 Å². The van der Waals surface area contributed by atoms with Gasteiger partial charge in [-0.25, -0.2) is 4.98 Å². The lowest BCUT2D eigenvalue weighted by atomic mass is 10.0. The fraction of sp³-hybridized carbons (Fsp3) is 0.222. The van der Waals surface area contributed by atoms with Crippen LogP contribution in [0.2, 0.25) is 5.02 Å². The van der Waals surface area contributed by atoms with E-state index in [1.807, 2.05) is 48.5 Å². The molecule has 2 heterocycles. The lowest BCUT2D eigenvalue weighted by Gasteiger charge is -2.25. The maximum absolute atomic E-state index is 12.9. The SMILES string of the molecule is O=C(c1nnc2ccccc2n1)N1CCC[C@@H]1c1ccccc1Cl. The second-order valence-corrected chi connectivity index (χ2v) is 6.21. The normalized spacial score (nSPS) is 17.4. The molecule has 1 aliphatic heterocycles. The van der Waals surface area contributed by atoms with E-state index in [-0.39, 0.29) is 17.8 Å². The monoisotopic (exact) mass is 338 g/mol. The van der Waals surface area contributed by atoms with E-state index in [4.69, 9.17) is 11.6 Å². The molecule has 1 fully saturated rings. The van der Waals surface area contributed by atoms with Crippen LogP contribution >= 0.6 is 11.6 Å². The molecule has 1 atom stereocenters. The van der Waals surface area contributed by atoms with E-state index in [0.717, 1.165) is 18.4 Å². The first-order valence-corrected chi connectivity index (χ1v) is 8.27. The van der Waals surface area contributed by atoms with Gasteiger partial charge in [-0.2, -0.15) is 0 Å². The van der Waals surface area contributed by atoms with Gasteiger partial charge in [-0.15, -0.1) is 10.2 Å². The summed E-state index contributed by atoms with van der Waals surface area (Å²) in [5, 5.41) is 8.80.